The Balaban J connectivity index is 0.000000226. The number of fused-ring (bicyclic) bond motifs is 5. The van der Waals surface area contributed by atoms with Gasteiger partial charge in [-0.05, 0) is 31.1 Å². The van der Waals surface area contributed by atoms with E-state index in [1.165, 1.54) is 25.7 Å². The van der Waals surface area contributed by atoms with Crippen LogP contribution in [0, 0.1) is 23.7 Å². The van der Waals surface area contributed by atoms with Crippen molar-refractivity contribution in [3.63, 3.8) is 0 Å². The molecule has 0 radical (unpaired) electrons. The lowest BCUT2D eigenvalue weighted by atomic mass is 9.81. The van der Waals surface area contributed by atoms with Crippen molar-refractivity contribution in [3.05, 3.63) is 0 Å². The summed E-state index contributed by atoms with van der Waals surface area (Å²) >= 11 is 0. The zero-order valence-electron chi connectivity index (χ0n) is 11.2. The van der Waals surface area contributed by atoms with Crippen molar-refractivity contribution >= 4 is 5.97 Å². The van der Waals surface area contributed by atoms with Gasteiger partial charge in [0.1, 0.15) is 0 Å². The Morgan fingerprint density at radius 3 is 2.31 bits per heavy atom. The standard InChI is InChI=1S/C9H12O2.C3H8.C2H6/c10-9-8-6-2-1-5(3-6)7(8)4-11-9;1-3-2;1-2/h5-8H,1-4H2;3H2,1-2H3;1-2H3. The molecule has 1 aliphatic heterocycles. The fourth-order valence-corrected chi connectivity index (χ4v) is 3.29. The molecule has 0 aromatic rings. The number of carbonyl (C=O) groups is 1. The molecule has 0 N–H and O–H groups in total. The molecule has 0 aromatic heterocycles. The highest BCUT2D eigenvalue weighted by Gasteiger charge is 2.54. The third kappa shape index (κ3) is 2.41. The molecule has 2 heteroatoms. The predicted octanol–water partition coefficient (Wildman–Crippen LogP) is 3.65. The molecule has 2 saturated carbocycles. The van der Waals surface area contributed by atoms with E-state index in [4.69, 9.17) is 4.74 Å². The van der Waals surface area contributed by atoms with Crippen LogP contribution in [0.5, 0.6) is 0 Å². The van der Waals surface area contributed by atoms with Crippen LogP contribution in [0.25, 0.3) is 0 Å². The lowest BCUT2D eigenvalue weighted by Crippen LogP contribution is -2.22. The van der Waals surface area contributed by atoms with Gasteiger partial charge >= 0.3 is 5.97 Å². The molecular formula is C14H26O2. The van der Waals surface area contributed by atoms with Gasteiger partial charge in [-0.25, -0.2) is 0 Å². The van der Waals surface area contributed by atoms with Crippen LogP contribution in [-0.4, -0.2) is 12.6 Å². The van der Waals surface area contributed by atoms with Crippen molar-refractivity contribution in [3.8, 4) is 0 Å². The summed E-state index contributed by atoms with van der Waals surface area (Å²) in [5.74, 6) is 2.55. The van der Waals surface area contributed by atoms with E-state index >= 15 is 0 Å². The maximum absolute atomic E-state index is 11.2. The van der Waals surface area contributed by atoms with Gasteiger partial charge in [-0.3, -0.25) is 4.79 Å². The van der Waals surface area contributed by atoms with E-state index in [1.807, 2.05) is 13.8 Å². The zero-order valence-corrected chi connectivity index (χ0v) is 11.2. The average Bonchev–Trinajstić information content (AvgIpc) is 2.96. The zero-order chi connectivity index (χ0) is 12.1. The minimum absolute atomic E-state index is 0.0993. The molecule has 1 saturated heterocycles. The Hall–Kier alpha value is -0.530. The van der Waals surface area contributed by atoms with Crippen LogP contribution in [0.1, 0.15) is 53.4 Å². The van der Waals surface area contributed by atoms with Gasteiger partial charge in [0.2, 0.25) is 0 Å². The number of ether oxygens (including phenoxy) is 1. The van der Waals surface area contributed by atoms with E-state index in [9.17, 15) is 4.79 Å². The first-order valence-electron chi connectivity index (χ1n) is 6.94. The smallest absolute Gasteiger partial charge is 0.309 e. The Morgan fingerprint density at radius 1 is 1.19 bits per heavy atom. The summed E-state index contributed by atoms with van der Waals surface area (Å²) in [6.45, 7) is 8.98. The number of hydrogen-bond acceptors (Lipinski definition) is 2. The van der Waals surface area contributed by atoms with E-state index in [0.717, 1.165) is 12.5 Å². The summed E-state index contributed by atoms with van der Waals surface area (Å²) < 4.78 is 5.06. The largest absolute Gasteiger partial charge is 0.465 e. The first-order chi connectivity index (χ1) is 7.77. The van der Waals surface area contributed by atoms with Gasteiger partial charge < -0.3 is 4.74 Å². The predicted molar refractivity (Wildman–Crippen MR) is 66.1 cm³/mol. The van der Waals surface area contributed by atoms with Gasteiger partial charge in [-0.2, -0.15) is 0 Å². The molecule has 0 aromatic carbocycles. The van der Waals surface area contributed by atoms with Crippen LogP contribution < -0.4 is 0 Å². The molecule has 2 aliphatic carbocycles. The molecule has 0 spiro atoms. The van der Waals surface area contributed by atoms with E-state index in [0.29, 0.717) is 17.8 Å². The van der Waals surface area contributed by atoms with Crippen LogP contribution in [0.4, 0.5) is 0 Å². The lowest BCUT2D eigenvalue weighted by Gasteiger charge is -2.19. The summed E-state index contributed by atoms with van der Waals surface area (Å²) in [4.78, 5) is 11.2. The van der Waals surface area contributed by atoms with Crippen molar-refractivity contribution < 1.29 is 9.53 Å². The second kappa shape index (κ2) is 6.27. The molecule has 3 fully saturated rings. The first-order valence-corrected chi connectivity index (χ1v) is 6.94. The average molecular weight is 226 g/mol. The Labute approximate surface area is 99.8 Å². The van der Waals surface area contributed by atoms with Crippen molar-refractivity contribution in [2.24, 2.45) is 23.7 Å². The summed E-state index contributed by atoms with van der Waals surface area (Å²) in [7, 11) is 0. The van der Waals surface area contributed by atoms with Gasteiger partial charge in [0, 0.05) is 5.92 Å². The number of hydrogen-bond donors (Lipinski definition) is 0. The minimum atomic E-state index is 0.0993. The van der Waals surface area contributed by atoms with Crippen molar-refractivity contribution in [2.45, 2.75) is 53.4 Å². The van der Waals surface area contributed by atoms with Crippen molar-refractivity contribution in [2.75, 3.05) is 6.61 Å². The maximum Gasteiger partial charge on any atom is 0.309 e. The SMILES string of the molecule is CC.CCC.O=C1OCC2C3CCC(C3)C12. The Bertz CT molecular complexity index is 225. The van der Waals surface area contributed by atoms with E-state index in [-0.39, 0.29) is 5.97 Å². The monoisotopic (exact) mass is 226 g/mol. The van der Waals surface area contributed by atoms with E-state index < -0.39 is 0 Å². The molecule has 94 valence electrons. The third-order valence-corrected chi connectivity index (χ3v) is 3.78. The van der Waals surface area contributed by atoms with E-state index in [2.05, 4.69) is 13.8 Å². The highest BCUT2D eigenvalue weighted by atomic mass is 16.5. The Morgan fingerprint density at radius 2 is 1.75 bits per heavy atom. The fourth-order valence-electron chi connectivity index (χ4n) is 3.29. The number of carbonyl (C=O) groups excluding carboxylic acids is 1. The number of esters is 1. The highest BCUT2D eigenvalue weighted by Crippen LogP contribution is 2.54. The topological polar surface area (TPSA) is 26.3 Å². The van der Waals surface area contributed by atoms with Gasteiger partial charge in [0.05, 0.1) is 12.5 Å². The van der Waals surface area contributed by atoms with Gasteiger partial charge in [0.25, 0.3) is 0 Å². The summed E-state index contributed by atoms with van der Waals surface area (Å²) in [6.07, 6.45) is 5.19. The maximum atomic E-state index is 11.2. The molecule has 2 bridgehead atoms. The lowest BCUT2D eigenvalue weighted by molar-refractivity contribution is -0.142. The van der Waals surface area contributed by atoms with Crippen molar-refractivity contribution in [1.82, 2.24) is 0 Å². The quantitative estimate of drug-likeness (QED) is 0.589. The van der Waals surface area contributed by atoms with Crippen LogP contribution in [-0.2, 0) is 9.53 Å². The normalized spacial score (nSPS) is 37.9. The summed E-state index contributed by atoms with van der Waals surface area (Å²) in [5, 5.41) is 0. The number of cyclic esters (lactones) is 1. The van der Waals surface area contributed by atoms with Gasteiger partial charge in [-0.1, -0.05) is 34.1 Å². The van der Waals surface area contributed by atoms with Crippen molar-refractivity contribution in [1.29, 1.82) is 0 Å². The van der Waals surface area contributed by atoms with Gasteiger partial charge in [-0.15, -0.1) is 0 Å². The van der Waals surface area contributed by atoms with Crippen LogP contribution in [0.15, 0.2) is 0 Å². The molecule has 16 heavy (non-hydrogen) atoms. The first kappa shape index (κ1) is 13.5. The number of rotatable bonds is 0. The second-order valence-electron chi connectivity index (χ2n) is 4.86. The minimum Gasteiger partial charge on any atom is -0.465 e. The molecule has 3 rings (SSSR count). The molecule has 4 unspecified atom stereocenters. The van der Waals surface area contributed by atoms with Gasteiger partial charge in [0.15, 0.2) is 0 Å². The summed E-state index contributed by atoms with van der Waals surface area (Å²) in [6, 6.07) is 0. The van der Waals surface area contributed by atoms with Crippen LogP contribution in [0.2, 0.25) is 0 Å². The molecule has 2 nitrogen and oxygen atoms in total. The molecule has 1 heterocycles. The van der Waals surface area contributed by atoms with E-state index in [1.54, 1.807) is 0 Å². The molecular weight excluding hydrogens is 200 g/mol. The highest BCUT2D eigenvalue weighted by molar-refractivity contribution is 5.75. The molecule has 3 aliphatic rings. The molecule has 0 amide bonds. The second-order valence-corrected chi connectivity index (χ2v) is 4.86. The third-order valence-electron chi connectivity index (χ3n) is 3.78. The fraction of sp³-hybridized carbons (Fsp3) is 0.929. The Kier molecular flexibility index (Phi) is 5.30. The van der Waals surface area contributed by atoms with Crippen LogP contribution >= 0.6 is 0 Å². The summed E-state index contributed by atoms with van der Waals surface area (Å²) in [5.41, 5.74) is 0. The van der Waals surface area contributed by atoms with Crippen LogP contribution in [0.3, 0.4) is 0 Å². The molecule has 4 atom stereocenters.